The van der Waals surface area contributed by atoms with Gasteiger partial charge in [-0.1, -0.05) is 91.0 Å². The van der Waals surface area contributed by atoms with Gasteiger partial charge in [0.1, 0.15) is 11.9 Å². The highest BCUT2D eigenvalue weighted by Crippen LogP contribution is 2.44. The van der Waals surface area contributed by atoms with Crippen molar-refractivity contribution in [3.05, 3.63) is 119 Å². The zero-order chi connectivity index (χ0) is 23.3. The smallest absolute Gasteiger partial charge is 0.453 e. The molecule has 0 spiro atoms. The summed E-state index contributed by atoms with van der Waals surface area (Å²) in [7, 11) is 0. The summed E-state index contributed by atoms with van der Waals surface area (Å²) in [6, 6.07) is 28.2. The van der Waals surface area contributed by atoms with Crippen molar-refractivity contribution in [1.82, 2.24) is 15.2 Å². The number of alkyl halides is 3. The molecule has 3 aromatic carbocycles. The van der Waals surface area contributed by atoms with Crippen molar-refractivity contribution in [1.29, 1.82) is 0 Å². The standard InChI is InChI=1S/C25H20F3N3O2/c26-25(27,28)23-29-22(30-31-23)16-21(33-17-32)24(18-10-4-1-5-11-18,19-12-6-2-7-13-19)20-14-8-3-9-15-20/h1-15,17,21H,16H2,(H,29,30,31). The lowest BCUT2D eigenvalue weighted by atomic mass is 9.65. The molecular weight excluding hydrogens is 431 g/mol. The zero-order valence-corrected chi connectivity index (χ0v) is 17.4. The van der Waals surface area contributed by atoms with Crippen LogP contribution in [0.4, 0.5) is 13.2 Å². The van der Waals surface area contributed by atoms with E-state index in [0.717, 1.165) is 16.7 Å². The quantitative estimate of drug-likeness (QED) is 0.304. The number of nitrogens with one attached hydrogen (secondary N) is 1. The highest BCUT2D eigenvalue weighted by molar-refractivity contribution is 5.53. The van der Waals surface area contributed by atoms with Crippen molar-refractivity contribution in [3.63, 3.8) is 0 Å². The number of H-pyrrole nitrogens is 1. The minimum absolute atomic E-state index is 0.0404. The molecule has 0 aliphatic rings. The van der Waals surface area contributed by atoms with Crippen LogP contribution in [0.3, 0.4) is 0 Å². The van der Waals surface area contributed by atoms with Crippen molar-refractivity contribution in [3.8, 4) is 0 Å². The van der Waals surface area contributed by atoms with E-state index in [1.165, 1.54) is 0 Å². The summed E-state index contributed by atoms with van der Waals surface area (Å²) in [5.41, 5.74) is 1.40. The summed E-state index contributed by atoms with van der Waals surface area (Å²) >= 11 is 0. The van der Waals surface area contributed by atoms with E-state index in [1.54, 1.807) is 0 Å². The SMILES string of the molecule is O=COC(Cc1nc(C(F)(F)F)n[nH]1)C(c1ccccc1)(c1ccccc1)c1ccccc1. The third kappa shape index (κ3) is 4.37. The molecule has 5 nitrogen and oxygen atoms in total. The van der Waals surface area contributed by atoms with E-state index in [0.29, 0.717) is 6.47 Å². The first-order valence-corrected chi connectivity index (χ1v) is 10.2. The number of hydrogen-bond donors (Lipinski definition) is 1. The molecule has 0 fully saturated rings. The molecular formula is C25H20F3N3O2. The predicted molar refractivity (Wildman–Crippen MR) is 115 cm³/mol. The third-order valence-corrected chi connectivity index (χ3v) is 5.55. The number of benzene rings is 3. The van der Waals surface area contributed by atoms with Crippen LogP contribution < -0.4 is 0 Å². The lowest BCUT2D eigenvalue weighted by Crippen LogP contribution is -2.45. The first-order valence-electron chi connectivity index (χ1n) is 10.2. The summed E-state index contributed by atoms with van der Waals surface area (Å²) in [6.07, 6.45) is -5.75. The number of aromatic nitrogens is 3. The summed E-state index contributed by atoms with van der Waals surface area (Å²) < 4.78 is 44.9. The molecule has 0 radical (unpaired) electrons. The summed E-state index contributed by atoms with van der Waals surface area (Å²) in [5.74, 6) is -1.31. The zero-order valence-electron chi connectivity index (χ0n) is 17.4. The van der Waals surface area contributed by atoms with Gasteiger partial charge < -0.3 is 4.74 Å². The second kappa shape index (κ2) is 9.28. The Morgan fingerprint density at radius 1 is 0.818 bits per heavy atom. The van der Waals surface area contributed by atoms with Gasteiger partial charge in [0.15, 0.2) is 0 Å². The number of halogens is 3. The van der Waals surface area contributed by atoms with Gasteiger partial charge in [-0.15, -0.1) is 5.10 Å². The van der Waals surface area contributed by atoms with E-state index in [2.05, 4.69) is 15.2 Å². The monoisotopic (exact) mass is 451 g/mol. The molecule has 4 rings (SSSR count). The fourth-order valence-electron chi connectivity index (χ4n) is 4.22. The molecule has 168 valence electrons. The van der Waals surface area contributed by atoms with Crippen LogP contribution in [0.15, 0.2) is 91.0 Å². The maximum atomic E-state index is 13.1. The van der Waals surface area contributed by atoms with E-state index in [9.17, 15) is 18.0 Å². The molecule has 0 aliphatic heterocycles. The third-order valence-electron chi connectivity index (χ3n) is 5.55. The molecule has 33 heavy (non-hydrogen) atoms. The Morgan fingerprint density at radius 2 is 1.27 bits per heavy atom. The average Bonchev–Trinajstić information content (AvgIpc) is 3.31. The Labute approximate surface area is 188 Å². The Morgan fingerprint density at radius 3 is 1.64 bits per heavy atom. The first kappa shape index (κ1) is 22.3. The summed E-state index contributed by atoms with van der Waals surface area (Å²) in [4.78, 5) is 15.3. The topological polar surface area (TPSA) is 67.9 Å². The van der Waals surface area contributed by atoms with Crippen molar-refractivity contribution in [2.45, 2.75) is 24.1 Å². The highest BCUT2D eigenvalue weighted by Gasteiger charge is 2.46. The minimum Gasteiger partial charge on any atom is -0.462 e. The summed E-state index contributed by atoms with van der Waals surface area (Å²) in [6.45, 7) is 0.315. The maximum absolute atomic E-state index is 13.1. The first-order chi connectivity index (χ1) is 16.0. The van der Waals surface area contributed by atoms with Gasteiger partial charge in [0, 0.05) is 6.42 Å². The molecule has 4 aromatic rings. The maximum Gasteiger partial charge on any atom is 0.453 e. The Bertz CT molecular complexity index is 1080. The van der Waals surface area contributed by atoms with Crippen LogP contribution in [0.5, 0.6) is 0 Å². The Kier molecular flexibility index (Phi) is 6.26. The van der Waals surface area contributed by atoms with Crippen molar-refractivity contribution in [2.24, 2.45) is 0 Å². The second-order valence-corrected chi connectivity index (χ2v) is 7.43. The molecule has 1 heterocycles. The van der Waals surface area contributed by atoms with Crippen molar-refractivity contribution >= 4 is 6.47 Å². The number of hydrogen-bond acceptors (Lipinski definition) is 4. The molecule has 0 bridgehead atoms. The lowest BCUT2D eigenvalue weighted by Gasteiger charge is -2.41. The van der Waals surface area contributed by atoms with E-state index >= 15 is 0 Å². The molecule has 0 saturated carbocycles. The molecule has 0 saturated heterocycles. The van der Waals surface area contributed by atoms with Gasteiger partial charge in [-0.05, 0) is 16.7 Å². The van der Waals surface area contributed by atoms with Crippen LogP contribution in [0.1, 0.15) is 28.3 Å². The number of ether oxygens (including phenoxy) is 1. The van der Waals surface area contributed by atoms with Crippen LogP contribution in [-0.2, 0) is 27.5 Å². The molecule has 1 aromatic heterocycles. The van der Waals surface area contributed by atoms with E-state index in [4.69, 9.17) is 4.74 Å². The predicted octanol–water partition coefficient (Wildman–Crippen LogP) is 4.94. The van der Waals surface area contributed by atoms with E-state index < -0.39 is 23.5 Å². The van der Waals surface area contributed by atoms with Crippen molar-refractivity contribution < 1.29 is 22.7 Å². The van der Waals surface area contributed by atoms with Crippen LogP contribution in [0, 0.1) is 0 Å². The molecule has 1 atom stereocenters. The number of carbonyl (C=O) groups excluding carboxylic acids is 1. The van der Waals surface area contributed by atoms with Gasteiger partial charge in [-0.3, -0.25) is 9.89 Å². The van der Waals surface area contributed by atoms with Crippen LogP contribution in [0.2, 0.25) is 0 Å². The highest BCUT2D eigenvalue weighted by atomic mass is 19.4. The van der Waals surface area contributed by atoms with Gasteiger partial charge in [-0.2, -0.15) is 13.2 Å². The Balaban J connectivity index is 1.95. The van der Waals surface area contributed by atoms with E-state index in [-0.39, 0.29) is 12.2 Å². The molecule has 8 heteroatoms. The van der Waals surface area contributed by atoms with Crippen molar-refractivity contribution in [2.75, 3.05) is 0 Å². The van der Waals surface area contributed by atoms with Gasteiger partial charge in [0.2, 0.25) is 0 Å². The number of carbonyl (C=O) groups is 1. The lowest BCUT2D eigenvalue weighted by molar-refractivity contribution is -0.145. The van der Waals surface area contributed by atoms with Gasteiger partial charge >= 0.3 is 6.18 Å². The van der Waals surface area contributed by atoms with Crippen LogP contribution in [0.25, 0.3) is 0 Å². The van der Waals surface area contributed by atoms with Crippen LogP contribution in [-0.4, -0.2) is 27.8 Å². The molecule has 1 N–H and O–H groups in total. The average molecular weight is 451 g/mol. The minimum atomic E-state index is -4.69. The fourth-order valence-corrected chi connectivity index (χ4v) is 4.22. The van der Waals surface area contributed by atoms with Gasteiger partial charge in [0.25, 0.3) is 12.3 Å². The van der Waals surface area contributed by atoms with Gasteiger partial charge in [0.05, 0.1) is 5.41 Å². The Hall–Kier alpha value is -3.94. The van der Waals surface area contributed by atoms with Gasteiger partial charge in [-0.25, -0.2) is 4.98 Å². The normalized spacial score (nSPS) is 12.8. The van der Waals surface area contributed by atoms with Crippen LogP contribution >= 0.6 is 0 Å². The number of nitrogens with zero attached hydrogens (tertiary/aromatic N) is 2. The summed E-state index contributed by atoms with van der Waals surface area (Å²) in [5, 5.41) is 5.65. The molecule has 0 amide bonds. The number of aromatic amines is 1. The fraction of sp³-hybridized carbons (Fsp3) is 0.160. The second-order valence-electron chi connectivity index (χ2n) is 7.43. The van der Waals surface area contributed by atoms with E-state index in [1.807, 2.05) is 91.0 Å². The number of rotatable bonds is 8. The molecule has 0 aliphatic carbocycles. The largest absolute Gasteiger partial charge is 0.462 e. The molecule has 1 unspecified atom stereocenters.